The molecule has 1 aromatic heterocycles. The van der Waals surface area contributed by atoms with Crippen molar-refractivity contribution < 1.29 is 4.39 Å². The molecule has 0 spiro atoms. The molecular weight excluding hydrogens is 313 g/mol. The fraction of sp³-hybridized carbons (Fsp3) is 0.0952. The van der Waals surface area contributed by atoms with E-state index in [9.17, 15) is 4.39 Å². The SMILES string of the molecule is NC(c1ccc(F)cc1)c1nc2ccccc2n1Cc1ccccc1. The monoisotopic (exact) mass is 331 g/mol. The molecular formula is C21H18FN3. The van der Waals surface area contributed by atoms with Crippen molar-refractivity contribution in [3.63, 3.8) is 0 Å². The van der Waals surface area contributed by atoms with Crippen LogP contribution in [0, 0.1) is 5.82 Å². The third kappa shape index (κ3) is 3.04. The fourth-order valence-corrected chi connectivity index (χ4v) is 3.08. The van der Waals surface area contributed by atoms with Crippen LogP contribution in [0.3, 0.4) is 0 Å². The Labute approximate surface area is 145 Å². The lowest BCUT2D eigenvalue weighted by atomic mass is 10.1. The normalized spacial score (nSPS) is 12.4. The maximum Gasteiger partial charge on any atom is 0.131 e. The second-order valence-electron chi connectivity index (χ2n) is 6.06. The largest absolute Gasteiger partial charge is 0.322 e. The highest BCUT2D eigenvalue weighted by Crippen LogP contribution is 2.25. The first-order chi connectivity index (χ1) is 12.2. The van der Waals surface area contributed by atoms with E-state index in [4.69, 9.17) is 10.7 Å². The molecule has 1 unspecified atom stereocenters. The van der Waals surface area contributed by atoms with Crippen LogP contribution in [-0.4, -0.2) is 9.55 Å². The van der Waals surface area contributed by atoms with Gasteiger partial charge >= 0.3 is 0 Å². The molecule has 4 heteroatoms. The van der Waals surface area contributed by atoms with Gasteiger partial charge in [0.15, 0.2) is 0 Å². The van der Waals surface area contributed by atoms with Crippen molar-refractivity contribution in [2.75, 3.05) is 0 Å². The van der Waals surface area contributed by atoms with Crippen LogP contribution in [0.5, 0.6) is 0 Å². The van der Waals surface area contributed by atoms with Gasteiger partial charge in [0.25, 0.3) is 0 Å². The Morgan fingerprint density at radius 3 is 2.32 bits per heavy atom. The predicted octanol–water partition coefficient (Wildman–Crippen LogP) is 4.27. The summed E-state index contributed by atoms with van der Waals surface area (Å²) in [7, 11) is 0. The van der Waals surface area contributed by atoms with E-state index in [0.717, 1.165) is 22.4 Å². The standard InChI is InChI=1S/C21H18FN3/c22-17-12-10-16(11-13-17)20(23)21-24-18-8-4-5-9-19(18)25(21)14-15-6-2-1-3-7-15/h1-13,20H,14,23H2. The van der Waals surface area contributed by atoms with Gasteiger partial charge in [0.05, 0.1) is 17.1 Å². The Bertz CT molecular complexity index is 991. The van der Waals surface area contributed by atoms with Crippen LogP contribution in [-0.2, 0) is 6.54 Å². The van der Waals surface area contributed by atoms with Gasteiger partial charge in [0, 0.05) is 6.54 Å². The van der Waals surface area contributed by atoms with Gasteiger partial charge in [-0.2, -0.15) is 0 Å². The Kier molecular flexibility index (Phi) is 4.04. The van der Waals surface area contributed by atoms with E-state index in [-0.39, 0.29) is 5.82 Å². The number of hydrogen-bond acceptors (Lipinski definition) is 2. The molecule has 0 saturated heterocycles. The summed E-state index contributed by atoms with van der Waals surface area (Å²) in [5.41, 5.74) is 10.4. The number of hydrogen-bond donors (Lipinski definition) is 1. The number of nitrogens with zero attached hydrogens (tertiary/aromatic N) is 2. The van der Waals surface area contributed by atoms with Gasteiger partial charge in [-0.05, 0) is 35.4 Å². The number of halogens is 1. The zero-order valence-corrected chi connectivity index (χ0v) is 13.6. The summed E-state index contributed by atoms with van der Waals surface area (Å²) in [6.07, 6.45) is 0. The number of imidazole rings is 1. The van der Waals surface area contributed by atoms with Gasteiger partial charge in [0.1, 0.15) is 11.6 Å². The molecule has 3 nitrogen and oxygen atoms in total. The minimum atomic E-state index is -0.420. The van der Waals surface area contributed by atoms with Crippen molar-refractivity contribution in [2.45, 2.75) is 12.6 Å². The molecule has 0 bridgehead atoms. The molecule has 0 amide bonds. The summed E-state index contributed by atoms with van der Waals surface area (Å²) in [5, 5.41) is 0. The van der Waals surface area contributed by atoms with Crippen LogP contribution in [0.25, 0.3) is 11.0 Å². The van der Waals surface area contributed by atoms with Crippen molar-refractivity contribution in [1.29, 1.82) is 0 Å². The zero-order chi connectivity index (χ0) is 17.2. The number of rotatable bonds is 4. The predicted molar refractivity (Wildman–Crippen MR) is 97.7 cm³/mol. The number of fused-ring (bicyclic) bond motifs is 1. The summed E-state index contributed by atoms with van der Waals surface area (Å²) in [6.45, 7) is 0.686. The quantitative estimate of drug-likeness (QED) is 0.607. The van der Waals surface area contributed by atoms with Crippen molar-refractivity contribution in [1.82, 2.24) is 9.55 Å². The lowest BCUT2D eigenvalue weighted by molar-refractivity contribution is 0.624. The highest BCUT2D eigenvalue weighted by Gasteiger charge is 2.18. The van der Waals surface area contributed by atoms with Crippen molar-refractivity contribution in [2.24, 2.45) is 5.73 Å². The van der Waals surface area contributed by atoms with E-state index in [0.29, 0.717) is 6.54 Å². The minimum absolute atomic E-state index is 0.270. The second kappa shape index (κ2) is 6.49. The summed E-state index contributed by atoms with van der Waals surface area (Å²) in [6, 6.07) is 24.1. The third-order valence-electron chi connectivity index (χ3n) is 4.37. The molecule has 4 rings (SSSR count). The van der Waals surface area contributed by atoms with E-state index >= 15 is 0 Å². The minimum Gasteiger partial charge on any atom is -0.322 e. The van der Waals surface area contributed by atoms with E-state index in [1.165, 1.54) is 17.7 Å². The first-order valence-electron chi connectivity index (χ1n) is 8.22. The summed E-state index contributed by atoms with van der Waals surface area (Å²) in [4.78, 5) is 4.75. The van der Waals surface area contributed by atoms with Crippen LogP contribution in [0.2, 0.25) is 0 Å². The summed E-state index contributed by atoms with van der Waals surface area (Å²) >= 11 is 0. The van der Waals surface area contributed by atoms with Gasteiger partial charge in [-0.25, -0.2) is 9.37 Å². The molecule has 1 atom stereocenters. The number of nitrogens with two attached hydrogens (primary N) is 1. The van der Waals surface area contributed by atoms with Crippen LogP contribution in [0.1, 0.15) is 23.0 Å². The molecule has 4 aromatic rings. The van der Waals surface area contributed by atoms with E-state index in [1.807, 2.05) is 42.5 Å². The van der Waals surface area contributed by atoms with Crippen molar-refractivity contribution in [3.05, 3.63) is 102 Å². The average Bonchev–Trinajstić information content (AvgIpc) is 3.01. The lowest BCUT2D eigenvalue weighted by Crippen LogP contribution is -2.18. The molecule has 0 radical (unpaired) electrons. The maximum atomic E-state index is 13.2. The molecule has 0 aliphatic rings. The van der Waals surface area contributed by atoms with Gasteiger partial charge in [-0.15, -0.1) is 0 Å². The molecule has 0 aliphatic carbocycles. The van der Waals surface area contributed by atoms with Crippen LogP contribution >= 0.6 is 0 Å². The van der Waals surface area contributed by atoms with Crippen LogP contribution in [0.4, 0.5) is 4.39 Å². The highest BCUT2D eigenvalue weighted by atomic mass is 19.1. The molecule has 2 N–H and O–H groups in total. The fourth-order valence-electron chi connectivity index (χ4n) is 3.08. The average molecular weight is 331 g/mol. The Balaban J connectivity index is 1.82. The van der Waals surface area contributed by atoms with Gasteiger partial charge in [-0.3, -0.25) is 0 Å². The molecule has 124 valence electrons. The Hall–Kier alpha value is -2.98. The second-order valence-corrected chi connectivity index (χ2v) is 6.06. The topological polar surface area (TPSA) is 43.8 Å². The lowest BCUT2D eigenvalue weighted by Gasteiger charge is -2.15. The van der Waals surface area contributed by atoms with E-state index in [1.54, 1.807) is 12.1 Å². The smallest absolute Gasteiger partial charge is 0.131 e. The summed E-state index contributed by atoms with van der Waals surface area (Å²) in [5.74, 6) is 0.505. The first-order valence-corrected chi connectivity index (χ1v) is 8.22. The molecule has 1 heterocycles. The summed E-state index contributed by atoms with van der Waals surface area (Å²) < 4.78 is 15.4. The highest BCUT2D eigenvalue weighted by molar-refractivity contribution is 5.76. The maximum absolute atomic E-state index is 13.2. The van der Waals surface area contributed by atoms with Gasteiger partial charge in [0.2, 0.25) is 0 Å². The molecule has 3 aromatic carbocycles. The molecule has 25 heavy (non-hydrogen) atoms. The zero-order valence-electron chi connectivity index (χ0n) is 13.6. The van der Waals surface area contributed by atoms with Crippen molar-refractivity contribution >= 4 is 11.0 Å². The first kappa shape index (κ1) is 15.5. The molecule has 0 saturated carbocycles. The molecule has 0 fully saturated rings. The van der Waals surface area contributed by atoms with Crippen LogP contribution in [0.15, 0.2) is 78.9 Å². The van der Waals surface area contributed by atoms with Gasteiger partial charge < -0.3 is 10.3 Å². The number of para-hydroxylation sites is 2. The molecule has 0 aliphatic heterocycles. The third-order valence-corrected chi connectivity index (χ3v) is 4.37. The van der Waals surface area contributed by atoms with Crippen molar-refractivity contribution in [3.8, 4) is 0 Å². The number of aromatic nitrogens is 2. The number of benzene rings is 3. The van der Waals surface area contributed by atoms with E-state index < -0.39 is 6.04 Å². The van der Waals surface area contributed by atoms with E-state index in [2.05, 4.69) is 16.7 Å². The Morgan fingerprint density at radius 2 is 1.56 bits per heavy atom. The Morgan fingerprint density at radius 1 is 0.880 bits per heavy atom. The van der Waals surface area contributed by atoms with Gasteiger partial charge in [-0.1, -0.05) is 54.6 Å². The van der Waals surface area contributed by atoms with Crippen LogP contribution < -0.4 is 5.73 Å².